The summed E-state index contributed by atoms with van der Waals surface area (Å²) in [5.41, 5.74) is 7.29. The van der Waals surface area contributed by atoms with Crippen LogP contribution < -0.4 is 11.1 Å². The van der Waals surface area contributed by atoms with Gasteiger partial charge in [-0.3, -0.25) is 9.69 Å². The number of nitrogens with one attached hydrogen (secondary N) is 1. The molecule has 1 heterocycles. The summed E-state index contributed by atoms with van der Waals surface area (Å²) in [5.74, 6) is 1.42. The van der Waals surface area contributed by atoms with Crippen molar-refractivity contribution < 1.29 is 4.79 Å². The summed E-state index contributed by atoms with van der Waals surface area (Å²) in [6, 6.07) is 10.5. The van der Waals surface area contributed by atoms with Gasteiger partial charge in [0, 0.05) is 19.1 Å². The summed E-state index contributed by atoms with van der Waals surface area (Å²) in [7, 11) is 0. The topological polar surface area (TPSA) is 58.4 Å². The molecule has 22 heavy (non-hydrogen) atoms. The Balaban J connectivity index is 0.00000176. The lowest BCUT2D eigenvalue weighted by molar-refractivity contribution is -0.122. The van der Waals surface area contributed by atoms with E-state index in [-0.39, 0.29) is 24.4 Å². The average molecular weight is 324 g/mol. The number of halogens is 1. The number of hydrogen-bond donors (Lipinski definition) is 2. The van der Waals surface area contributed by atoms with E-state index in [1.54, 1.807) is 0 Å². The van der Waals surface area contributed by atoms with Crippen molar-refractivity contribution in [2.45, 2.75) is 31.8 Å². The minimum atomic E-state index is 0. The molecule has 1 aromatic rings. The molecule has 3 N–H and O–H groups in total. The van der Waals surface area contributed by atoms with Gasteiger partial charge in [0.2, 0.25) is 5.91 Å². The monoisotopic (exact) mass is 323 g/mol. The second kappa shape index (κ2) is 7.44. The Morgan fingerprint density at radius 2 is 2.05 bits per heavy atom. The highest BCUT2D eigenvalue weighted by molar-refractivity contribution is 5.85. The van der Waals surface area contributed by atoms with Gasteiger partial charge in [-0.05, 0) is 37.2 Å². The third-order valence-electron chi connectivity index (χ3n) is 5.03. The molecule has 1 aromatic carbocycles. The molecule has 3 rings (SSSR count). The first-order valence-corrected chi connectivity index (χ1v) is 7.95. The number of benzene rings is 1. The average Bonchev–Trinajstić information content (AvgIpc) is 3.02. The van der Waals surface area contributed by atoms with Crippen LogP contribution in [0.4, 0.5) is 0 Å². The van der Waals surface area contributed by atoms with Crippen molar-refractivity contribution in [3.63, 3.8) is 0 Å². The van der Waals surface area contributed by atoms with Gasteiger partial charge in [-0.2, -0.15) is 0 Å². The fourth-order valence-electron chi connectivity index (χ4n) is 3.84. The van der Waals surface area contributed by atoms with Gasteiger partial charge in [-0.25, -0.2) is 0 Å². The first-order chi connectivity index (χ1) is 10.1. The zero-order valence-electron chi connectivity index (χ0n) is 13.1. The number of likely N-dealkylation sites (tertiary alicyclic amines) is 1. The number of hydrogen-bond acceptors (Lipinski definition) is 3. The molecule has 0 spiro atoms. The van der Waals surface area contributed by atoms with Crippen molar-refractivity contribution >= 4 is 18.3 Å². The van der Waals surface area contributed by atoms with Gasteiger partial charge in [-0.1, -0.05) is 30.3 Å². The van der Waals surface area contributed by atoms with Crippen molar-refractivity contribution in [2.24, 2.45) is 17.6 Å². The molecule has 0 radical (unpaired) electrons. The molecule has 1 aliphatic carbocycles. The Hall–Kier alpha value is -1.10. The largest absolute Gasteiger partial charge is 0.348 e. The van der Waals surface area contributed by atoms with Crippen LogP contribution in [-0.4, -0.2) is 36.5 Å². The second-order valence-electron chi connectivity index (χ2n) is 6.56. The number of carbonyl (C=O) groups excluding carboxylic acids is 1. The summed E-state index contributed by atoms with van der Waals surface area (Å²) >= 11 is 0. The lowest BCUT2D eigenvalue weighted by atomic mass is 9.98. The molecule has 1 saturated carbocycles. The molecule has 1 aliphatic heterocycles. The van der Waals surface area contributed by atoms with Gasteiger partial charge in [0.05, 0.1) is 12.6 Å². The number of nitrogens with two attached hydrogens (primary N) is 1. The smallest absolute Gasteiger partial charge is 0.234 e. The molecule has 122 valence electrons. The first-order valence-electron chi connectivity index (χ1n) is 7.95. The lowest BCUT2D eigenvalue weighted by Crippen LogP contribution is -2.38. The Kier molecular flexibility index (Phi) is 5.84. The molecule has 1 amide bonds. The molecule has 2 fully saturated rings. The zero-order chi connectivity index (χ0) is 14.8. The third-order valence-corrected chi connectivity index (χ3v) is 5.03. The molecule has 5 heteroatoms. The van der Waals surface area contributed by atoms with Gasteiger partial charge >= 0.3 is 0 Å². The maximum atomic E-state index is 12.2. The minimum Gasteiger partial charge on any atom is -0.348 e. The van der Waals surface area contributed by atoms with Gasteiger partial charge in [-0.15, -0.1) is 12.4 Å². The predicted octanol–water partition coefficient (Wildman–Crippen LogP) is 1.95. The molecule has 4 nitrogen and oxygen atoms in total. The zero-order valence-corrected chi connectivity index (χ0v) is 13.9. The van der Waals surface area contributed by atoms with E-state index in [1.165, 1.54) is 6.42 Å². The number of nitrogens with zero attached hydrogens (tertiary/aromatic N) is 1. The van der Waals surface area contributed by atoms with E-state index < -0.39 is 0 Å². The third kappa shape index (κ3) is 3.80. The SMILES string of the molecule is CC(NC(=O)CN1CC2CCC(N)C2C1)c1ccccc1.Cl. The standard InChI is InChI=1S/C17H25N3O.ClH/c1-12(13-5-3-2-4-6-13)19-17(21)11-20-9-14-7-8-16(18)15(14)10-20;/h2-6,12,14-16H,7-11,18H2,1H3,(H,19,21);1H. The van der Waals surface area contributed by atoms with E-state index in [0.717, 1.165) is 25.1 Å². The van der Waals surface area contributed by atoms with Crippen LogP contribution >= 0.6 is 12.4 Å². The highest BCUT2D eigenvalue weighted by Crippen LogP contribution is 2.36. The van der Waals surface area contributed by atoms with Crippen LogP contribution in [0.5, 0.6) is 0 Å². The number of amides is 1. The fraction of sp³-hybridized carbons (Fsp3) is 0.588. The van der Waals surface area contributed by atoms with Crippen molar-refractivity contribution in [1.29, 1.82) is 0 Å². The normalized spacial score (nSPS) is 28.7. The molecular formula is C17H26ClN3O. The maximum Gasteiger partial charge on any atom is 0.234 e. The summed E-state index contributed by atoms with van der Waals surface area (Å²) < 4.78 is 0. The van der Waals surface area contributed by atoms with Crippen LogP contribution in [0, 0.1) is 11.8 Å². The van der Waals surface area contributed by atoms with Crippen LogP contribution in [0.15, 0.2) is 30.3 Å². The summed E-state index contributed by atoms with van der Waals surface area (Å²) in [4.78, 5) is 14.5. The van der Waals surface area contributed by atoms with Crippen LogP contribution in [0.3, 0.4) is 0 Å². The van der Waals surface area contributed by atoms with E-state index in [0.29, 0.717) is 24.4 Å². The van der Waals surface area contributed by atoms with Gasteiger partial charge in [0.1, 0.15) is 0 Å². The van der Waals surface area contributed by atoms with E-state index in [4.69, 9.17) is 5.73 Å². The Labute approximate surface area is 138 Å². The molecule has 4 unspecified atom stereocenters. The van der Waals surface area contributed by atoms with Crippen molar-refractivity contribution in [1.82, 2.24) is 10.2 Å². The molecule has 1 saturated heterocycles. The molecular weight excluding hydrogens is 298 g/mol. The first kappa shape index (κ1) is 17.3. The van der Waals surface area contributed by atoms with Crippen molar-refractivity contribution in [3.8, 4) is 0 Å². The van der Waals surface area contributed by atoms with Crippen LogP contribution in [0.25, 0.3) is 0 Å². The Morgan fingerprint density at radius 3 is 2.73 bits per heavy atom. The van der Waals surface area contributed by atoms with Gasteiger partial charge < -0.3 is 11.1 Å². The van der Waals surface area contributed by atoms with Crippen LogP contribution in [0.1, 0.15) is 31.4 Å². The van der Waals surface area contributed by atoms with Gasteiger partial charge in [0.25, 0.3) is 0 Å². The van der Waals surface area contributed by atoms with Crippen LogP contribution in [0.2, 0.25) is 0 Å². The maximum absolute atomic E-state index is 12.2. The Bertz CT molecular complexity index is 496. The number of fused-ring (bicyclic) bond motifs is 1. The molecule has 2 aliphatic rings. The lowest BCUT2D eigenvalue weighted by Gasteiger charge is -2.20. The number of carbonyl (C=O) groups is 1. The highest BCUT2D eigenvalue weighted by atomic mass is 35.5. The van der Waals surface area contributed by atoms with Gasteiger partial charge in [0.15, 0.2) is 0 Å². The van der Waals surface area contributed by atoms with E-state index in [1.807, 2.05) is 37.3 Å². The molecule has 4 atom stereocenters. The van der Waals surface area contributed by atoms with E-state index >= 15 is 0 Å². The van der Waals surface area contributed by atoms with Crippen molar-refractivity contribution in [3.05, 3.63) is 35.9 Å². The predicted molar refractivity (Wildman–Crippen MR) is 90.9 cm³/mol. The van der Waals surface area contributed by atoms with E-state index in [9.17, 15) is 4.79 Å². The van der Waals surface area contributed by atoms with Crippen molar-refractivity contribution in [2.75, 3.05) is 19.6 Å². The molecule has 0 bridgehead atoms. The summed E-state index contributed by atoms with van der Waals surface area (Å²) in [6.07, 6.45) is 2.38. The second-order valence-corrected chi connectivity index (χ2v) is 6.56. The minimum absolute atomic E-state index is 0. The summed E-state index contributed by atoms with van der Waals surface area (Å²) in [6.45, 7) is 4.54. The quantitative estimate of drug-likeness (QED) is 0.890. The molecule has 0 aromatic heterocycles. The highest BCUT2D eigenvalue weighted by Gasteiger charge is 2.41. The number of rotatable bonds is 4. The fourth-order valence-corrected chi connectivity index (χ4v) is 3.84. The Morgan fingerprint density at radius 1 is 1.32 bits per heavy atom. The van der Waals surface area contributed by atoms with Crippen LogP contribution in [-0.2, 0) is 4.79 Å². The summed E-state index contributed by atoms with van der Waals surface area (Å²) in [5, 5.41) is 3.09. The van der Waals surface area contributed by atoms with E-state index in [2.05, 4.69) is 10.2 Å².